The number of hydrogen-bond donors (Lipinski definition) is 3. The number of likely N-dealkylation sites (tertiary alicyclic amines) is 1. The third kappa shape index (κ3) is 7.45. The molecule has 0 bridgehead atoms. The number of benzene rings is 2. The van der Waals surface area contributed by atoms with Crippen molar-refractivity contribution in [3.8, 4) is 17.6 Å². The molecule has 226 valence electrons. The summed E-state index contributed by atoms with van der Waals surface area (Å²) in [6, 6.07) is 8.20. The summed E-state index contributed by atoms with van der Waals surface area (Å²) >= 11 is 0. The first kappa shape index (κ1) is 31.0. The number of hydrogen-bond acceptors (Lipinski definition) is 5. The highest BCUT2D eigenvalue weighted by Crippen LogP contribution is 2.32. The van der Waals surface area contributed by atoms with Gasteiger partial charge >= 0.3 is 6.18 Å². The second-order valence-corrected chi connectivity index (χ2v) is 10.6. The van der Waals surface area contributed by atoms with Gasteiger partial charge < -0.3 is 30.2 Å². The Morgan fingerprint density at radius 1 is 1.19 bits per heavy atom. The Morgan fingerprint density at radius 3 is 2.62 bits per heavy atom. The number of amides is 1. The number of methoxy groups -OCH3 is 1. The first-order chi connectivity index (χ1) is 19.9. The third-order valence-electron chi connectivity index (χ3n) is 6.91. The number of rotatable bonds is 8. The van der Waals surface area contributed by atoms with Crippen LogP contribution in [0.25, 0.3) is 10.9 Å². The number of carbonyl (C=O) groups is 1. The lowest BCUT2D eigenvalue weighted by Crippen LogP contribution is -2.46. The van der Waals surface area contributed by atoms with Gasteiger partial charge in [0.15, 0.2) is 0 Å². The third-order valence-corrected chi connectivity index (χ3v) is 6.91. The fourth-order valence-electron chi connectivity index (χ4n) is 4.93. The molecule has 1 saturated heterocycles. The summed E-state index contributed by atoms with van der Waals surface area (Å²) in [5, 5.41) is 9.21. The van der Waals surface area contributed by atoms with E-state index in [1.54, 1.807) is 38.1 Å². The Labute approximate surface area is 241 Å². The van der Waals surface area contributed by atoms with Gasteiger partial charge in [0.1, 0.15) is 24.3 Å². The van der Waals surface area contributed by atoms with Crippen LogP contribution < -0.4 is 20.7 Å². The van der Waals surface area contributed by atoms with Gasteiger partial charge in [-0.2, -0.15) is 13.2 Å². The molecule has 1 fully saturated rings. The number of nitrogens with one attached hydrogen (secondary N) is 3. The molecule has 0 radical (unpaired) electrons. The molecule has 1 aliphatic rings. The maximum absolute atomic E-state index is 14.7. The Morgan fingerprint density at radius 2 is 1.95 bits per heavy atom. The molecular weight excluding hydrogens is 557 g/mol. The van der Waals surface area contributed by atoms with Crippen molar-refractivity contribution in [3.05, 3.63) is 53.5 Å². The number of alkyl halides is 4. The van der Waals surface area contributed by atoms with Gasteiger partial charge in [-0.25, -0.2) is 8.78 Å². The standard InChI is InChI=1S/C30H34F5N5O2/c1-18(2)37-29(41)20-14-28(42-4)26(15-22(20)31)36-11-6-7-19-13-21-24(38-25-10-12-39(3)16-23(25)32)8-5-9-27(21)40(19)17-30(33,34)35/h5,8-9,13-15,18,23,25,36,38H,10-12,16-17H2,1-4H3,(H,37,41). The summed E-state index contributed by atoms with van der Waals surface area (Å²) in [6.07, 6.45) is -5.07. The lowest BCUT2D eigenvalue weighted by molar-refractivity contribution is -0.140. The van der Waals surface area contributed by atoms with Gasteiger partial charge in [0.25, 0.3) is 5.91 Å². The van der Waals surface area contributed by atoms with Crippen LogP contribution in [0.1, 0.15) is 36.3 Å². The zero-order valence-corrected chi connectivity index (χ0v) is 23.8. The Hall–Kier alpha value is -3.98. The van der Waals surface area contributed by atoms with Gasteiger partial charge in [0, 0.05) is 36.3 Å². The molecule has 0 spiro atoms. The SMILES string of the molecule is COc1cc(C(=O)NC(C)C)c(F)cc1NCC#Cc1cc2c(NC3CCN(C)CC3F)cccc2n1CC(F)(F)F. The minimum atomic E-state index is -4.50. The largest absolute Gasteiger partial charge is 0.495 e. The quantitative estimate of drug-likeness (QED) is 0.242. The van der Waals surface area contributed by atoms with Crippen LogP contribution in [0.4, 0.5) is 33.3 Å². The predicted molar refractivity (Wildman–Crippen MR) is 153 cm³/mol. The average molecular weight is 592 g/mol. The van der Waals surface area contributed by atoms with Gasteiger partial charge in [-0.15, -0.1) is 0 Å². The molecule has 4 rings (SSSR count). The van der Waals surface area contributed by atoms with Gasteiger partial charge in [-0.1, -0.05) is 12.0 Å². The van der Waals surface area contributed by atoms with E-state index in [1.165, 1.54) is 13.2 Å². The van der Waals surface area contributed by atoms with E-state index < -0.39 is 36.7 Å². The lowest BCUT2D eigenvalue weighted by atomic mass is 10.0. The molecule has 0 saturated carbocycles. The van der Waals surface area contributed by atoms with Crippen molar-refractivity contribution in [2.24, 2.45) is 0 Å². The summed E-state index contributed by atoms with van der Waals surface area (Å²) in [4.78, 5) is 14.2. The van der Waals surface area contributed by atoms with Crippen molar-refractivity contribution >= 4 is 28.2 Å². The maximum atomic E-state index is 14.7. The molecule has 7 nitrogen and oxygen atoms in total. The molecule has 3 aromatic rings. The summed E-state index contributed by atoms with van der Waals surface area (Å²) in [5.74, 6) is 4.43. The smallest absolute Gasteiger partial charge is 0.406 e. The molecule has 1 amide bonds. The minimum absolute atomic E-state index is 0.0505. The predicted octanol–water partition coefficient (Wildman–Crippen LogP) is 5.41. The van der Waals surface area contributed by atoms with Crippen LogP contribution in [0.2, 0.25) is 0 Å². The van der Waals surface area contributed by atoms with Crippen molar-refractivity contribution in [2.45, 2.75) is 51.2 Å². The molecule has 0 aliphatic carbocycles. The molecule has 3 N–H and O–H groups in total. The second kappa shape index (κ2) is 12.9. The van der Waals surface area contributed by atoms with E-state index >= 15 is 0 Å². The molecule has 2 atom stereocenters. The molecule has 1 aromatic heterocycles. The molecule has 2 unspecified atom stereocenters. The van der Waals surface area contributed by atoms with Crippen molar-refractivity contribution in [1.82, 2.24) is 14.8 Å². The van der Waals surface area contributed by atoms with Crippen molar-refractivity contribution in [2.75, 3.05) is 44.4 Å². The van der Waals surface area contributed by atoms with Gasteiger partial charge in [-0.05, 0) is 57.5 Å². The number of fused-ring (bicyclic) bond motifs is 1. The van der Waals surface area contributed by atoms with Crippen LogP contribution in [-0.2, 0) is 6.54 Å². The van der Waals surface area contributed by atoms with Crippen molar-refractivity contribution in [1.29, 1.82) is 0 Å². The number of carbonyl (C=O) groups excluding carboxylic acids is 1. The highest BCUT2D eigenvalue weighted by molar-refractivity contribution is 5.96. The molecular formula is C30H34F5N5O2. The van der Waals surface area contributed by atoms with E-state index in [0.29, 0.717) is 29.6 Å². The fraction of sp³-hybridized carbons (Fsp3) is 0.433. The fourth-order valence-corrected chi connectivity index (χ4v) is 4.93. The van der Waals surface area contributed by atoms with Gasteiger partial charge in [0.2, 0.25) is 0 Å². The van der Waals surface area contributed by atoms with Gasteiger partial charge in [0.05, 0.1) is 42.2 Å². The van der Waals surface area contributed by atoms with Crippen LogP contribution in [0, 0.1) is 17.7 Å². The molecule has 42 heavy (non-hydrogen) atoms. The summed E-state index contributed by atoms with van der Waals surface area (Å²) < 4.78 is 76.4. The van der Waals surface area contributed by atoms with Crippen LogP contribution in [0.3, 0.4) is 0 Å². The van der Waals surface area contributed by atoms with E-state index in [9.17, 15) is 26.7 Å². The van der Waals surface area contributed by atoms with Crippen molar-refractivity contribution in [3.63, 3.8) is 0 Å². The monoisotopic (exact) mass is 591 g/mol. The highest BCUT2D eigenvalue weighted by atomic mass is 19.4. The normalized spacial score (nSPS) is 17.6. The van der Waals surface area contributed by atoms with E-state index in [0.717, 1.165) is 10.6 Å². The number of nitrogens with zero attached hydrogens (tertiary/aromatic N) is 2. The highest BCUT2D eigenvalue weighted by Gasteiger charge is 2.31. The number of piperidine rings is 1. The van der Waals surface area contributed by atoms with Crippen LogP contribution in [0.15, 0.2) is 36.4 Å². The minimum Gasteiger partial charge on any atom is -0.495 e. The lowest BCUT2D eigenvalue weighted by Gasteiger charge is -2.33. The average Bonchev–Trinajstić information content (AvgIpc) is 3.24. The molecule has 1 aliphatic heterocycles. The van der Waals surface area contributed by atoms with E-state index in [1.807, 2.05) is 11.9 Å². The number of anilines is 2. The zero-order valence-electron chi connectivity index (χ0n) is 23.8. The van der Waals surface area contributed by atoms with Crippen LogP contribution in [-0.4, -0.2) is 73.6 Å². The van der Waals surface area contributed by atoms with Gasteiger partial charge in [-0.3, -0.25) is 4.79 Å². The van der Waals surface area contributed by atoms with Crippen LogP contribution >= 0.6 is 0 Å². The second-order valence-electron chi connectivity index (χ2n) is 10.6. The number of halogens is 5. The van der Waals surface area contributed by atoms with E-state index in [-0.39, 0.29) is 41.8 Å². The Bertz CT molecular complexity index is 1490. The summed E-state index contributed by atoms with van der Waals surface area (Å²) in [6.45, 7) is 3.18. The molecule has 2 aromatic carbocycles. The molecule has 2 heterocycles. The topological polar surface area (TPSA) is 70.6 Å². The number of ether oxygens (including phenoxy) is 1. The first-order valence-electron chi connectivity index (χ1n) is 13.6. The first-order valence-corrected chi connectivity index (χ1v) is 13.6. The van der Waals surface area contributed by atoms with Crippen molar-refractivity contribution < 1.29 is 31.5 Å². The maximum Gasteiger partial charge on any atom is 0.406 e. The number of aromatic nitrogens is 1. The Balaban J connectivity index is 1.59. The zero-order chi connectivity index (χ0) is 30.6. The van der Waals surface area contributed by atoms with E-state index in [2.05, 4.69) is 27.8 Å². The van der Waals surface area contributed by atoms with Crippen LogP contribution in [0.5, 0.6) is 5.75 Å². The summed E-state index contributed by atoms with van der Waals surface area (Å²) in [7, 11) is 3.21. The summed E-state index contributed by atoms with van der Waals surface area (Å²) in [5.41, 5.74) is 1.02. The Kier molecular flexibility index (Phi) is 9.51. The van der Waals surface area contributed by atoms with E-state index in [4.69, 9.17) is 4.74 Å². The molecule has 12 heteroatoms.